The molecule has 2 heterocycles. The smallest absolute Gasteiger partial charge is 0.234 e. The van der Waals surface area contributed by atoms with Gasteiger partial charge >= 0.3 is 0 Å². The van der Waals surface area contributed by atoms with Gasteiger partial charge in [0.05, 0.1) is 21.8 Å². The lowest BCUT2D eigenvalue weighted by molar-refractivity contribution is -0.135. The molecule has 0 radical (unpaired) electrons. The van der Waals surface area contributed by atoms with Crippen molar-refractivity contribution in [3.8, 4) is 5.75 Å². The zero-order valence-corrected chi connectivity index (χ0v) is 22.3. The molecule has 1 aromatic heterocycles. The first-order valence-electron chi connectivity index (χ1n) is 13.1. The quantitative estimate of drug-likeness (QED) is 0.580. The van der Waals surface area contributed by atoms with Gasteiger partial charge in [0.15, 0.2) is 0 Å². The van der Waals surface area contributed by atoms with Crippen LogP contribution in [-0.4, -0.2) is 83.8 Å². The van der Waals surface area contributed by atoms with Crippen molar-refractivity contribution in [1.82, 2.24) is 20.1 Å². The van der Waals surface area contributed by atoms with Gasteiger partial charge < -0.3 is 15.2 Å². The van der Waals surface area contributed by atoms with Crippen LogP contribution in [0.4, 0.5) is 0 Å². The molecular formula is C27H40N4O3S. The van der Waals surface area contributed by atoms with Gasteiger partial charge in [-0.3, -0.25) is 14.6 Å². The van der Waals surface area contributed by atoms with Gasteiger partial charge in [0.1, 0.15) is 18.5 Å². The first kappa shape index (κ1) is 24.9. The minimum absolute atomic E-state index is 0.162. The topological polar surface area (TPSA) is 77.9 Å². The molecule has 35 heavy (non-hydrogen) atoms. The number of benzene rings is 1. The molecule has 8 heteroatoms. The molecular weight excluding hydrogens is 460 g/mol. The largest absolute Gasteiger partial charge is 0.491 e. The molecule has 0 spiro atoms. The summed E-state index contributed by atoms with van der Waals surface area (Å²) < 4.78 is 6.98. The Morgan fingerprint density at radius 1 is 1.26 bits per heavy atom. The van der Waals surface area contributed by atoms with Gasteiger partial charge in [0.25, 0.3) is 0 Å². The van der Waals surface area contributed by atoms with Gasteiger partial charge in [-0.05, 0) is 55.1 Å². The third kappa shape index (κ3) is 5.36. The molecule has 1 aromatic carbocycles. The third-order valence-electron chi connectivity index (χ3n) is 8.91. The zero-order chi connectivity index (χ0) is 24.7. The van der Waals surface area contributed by atoms with Crippen LogP contribution in [0.1, 0.15) is 38.6 Å². The Morgan fingerprint density at radius 2 is 2.00 bits per heavy atom. The van der Waals surface area contributed by atoms with Gasteiger partial charge in [-0.15, -0.1) is 11.3 Å². The average molecular weight is 501 g/mol. The Balaban J connectivity index is 1.00. The molecule has 4 fully saturated rings. The highest BCUT2D eigenvalue weighted by molar-refractivity contribution is 7.18. The third-order valence-corrected chi connectivity index (χ3v) is 9.86. The fourth-order valence-corrected chi connectivity index (χ4v) is 7.39. The predicted molar refractivity (Wildman–Crippen MR) is 140 cm³/mol. The number of aryl methyl sites for hydroxylation is 1. The molecule has 2 bridgehead atoms. The number of fused-ring (bicyclic) bond motifs is 3. The van der Waals surface area contributed by atoms with Crippen LogP contribution in [0.15, 0.2) is 18.2 Å². The van der Waals surface area contributed by atoms with E-state index in [1.165, 1.54) is 6.42 Å². The summed E-state index contributed by atoms with van der Waals surface area (Å²) in [6.45, 7) is 13.8. The van der Waals surface area contributed by atoms with Crippen LogP contribution in [0.25, 0.3) is 10.2 Å². The van der Waals surface area contributed by atoms with Crippen LogP contribution in [0.3, 0.4) is 0 Å². The number of carbonyl (C=O) groups excluding carboxylic acids is 1. The first-order chi connectivity index (χ1) is 16.7. The summed E-state index contributed by atoms with van der Waals surface area (Å²) >= 11 is 1.67. The van der Waals surface area contributed by atoms with E-state index in [0.29, 0.717) is 30.5 Å². The predicted octanol–water partition coefficient (Wildman–Crippen LogP) is 3.15. The maximum absolute atomic E-state index is 12.7. The maximum Gasteiger partial charge on any atom is 0.234 e. The summed E-state index contributed by atoms with van der Waals surface area (Å²) in [5, 5.41) is 14.9. The van der Waals surface area contributed by atoms with E-state index >= 15 is 0 Å². The van der Waals surface area contributed by atoms with Crippen LogP contribution < -0.4 is 10.1 Å². The molecule has 192 valence electrons. The van der Waals surface area contributed by atoms with E-state index < -0.39 is 6.10 Å². The van der Waals surface area contributed by atoms with E-state index in [-0.39, 0.29) is 12.5 Å². The van der Waals surface area contributed by atoms with Crippen molar-refractivity contribution in [3.05, 3.63) is 23.2 Å². The number of ether oxygens (including phenoxy) is 1. The number of thiazole rings is 1. The molecule has 4 aliphatic rings. The number of aliphatic hydroxyl groups excluding tert-OH is 1. The summed E-state index contributed by atoms with van der Waals surface area (Å²) in [6.07, 6.45) is 1.91. The number of hydrogen-bond donors (Lipinski definition) is 2. The summed E-state index contributed by atoms with van der Waals surface area (Å²) in [7, 11) is 0. The normalized spacial score (nSPS) is 29.5. The van der Waals surface area contributed by atoms with E-state index in [1.807, 2.05) is 25.1 Å². The van der Waals surface area contributed by atoms with Crippen molar-refractivity contribution in [1.29, 1.82) is 0 Å². The molecule has 6 rings (SSSR count). The van der Waals surface area contributed by atoms with E-state index in [0.717, 1.165) is 65.4 Å². The Kier molecular flexibility index (Phi) is 7.09. The minimum atomic E-state index is -0.554. The Labute approximate surface area is 212 Å². The minimum Gasteiger partial charge on any atom is -0.491 e. The van der Waals surface area contributed by atoms with Gasteiger partial charge in [0.2, 0.25) is 5.91 Å². The number of hydrogen-bond acceptors (Lipinski definition) is 7. The zero-order valence-electron chi connectivity index (χ0n) is 21.5. The van der Waals surface area contributed by atoms with Crippen molar-refractivity contribution in [2.75, 3.05) is 45.9 Å². The molecule has 7 nitrogen and oxygen atoms in total. The Bertz CT molecular complexity index is 1050. The van der Waals surface area contributed by atoms with E-state index in [9.17, 15) is 9.90 Å². The first-order valence-corrected chi connectivity index (χ1v) is 13.9. The number of nitrogens with one attached hydrogen (secondary N) is 1. The summed E-state index contributed by atoms with van der Waals surface area (Å²) in [5.41, 5.74) is 1.39. The number of piperazine rings is 1. The average Bonchev–Trinajstić information content (AvgIpc) is 3.19. The molecule has 2 aromatic rings. The number of aromatic nitrogens is 1. The second kappa shape index (κ2) is 9.96. The molecule has 1 aliphatic heterocycles. The summed E-state index contributed by atoms with van der Waals surface area (Å²) in [4.78, 5) is 21.7. The number of amides is 1. The molecule has 5 atom stereocenters. The number of aliphatic hydroxyl groups is 1. The van der Waals surface area contributed by atoms with Crippen LogP contribution in [-0.2, 0) is 4.79 Å². The number of nitrogens with zero attached hydrogens (tertiary/aromatic N) is 3. The van der Waals surface area contributed by atoms with Gasteiger partial charge in [0, 0.05) is 44.8 Å². The molecule has 3 saturated carbocycles. The summed E-state index contributed by atoms with van der Waals surface area (Å²) in [5.74, 6) is 2.96. The highest BCUT2D eigenvalue weighted by atomic mass is 32.1. The molecule has 1 saturated heterocycles. The Hall–Kier alpha value is -1.74. The van der Waals surface area contributed by atoms with Gasteiger partial charge in [-0.1, -0.05) is 20.8 Å². The second-order valence-corrected chi connectivity index (χ2v) is 12.8. The number of carbonyl (C=O) groups is 1. The maximum atomic E-state index is 12.7. The molecule has 4 unspecified atom stereocenters. The van der Waals surface area contributed by atoms with Crippen molar-refractivity contribution >= 4 is 27.5 Å². The van der Waals surface area contributed by atoms with E-state index in [1.54, 1.807) is 11.3 Å². The highest BCUT2D eigenvalue weighted by Gasteiger charge is 2.56. The molecule has 2 N–H and O–H groups in total. The number of rotatable bonds is 8. The lowest BCUT2D eigenvalue weighted by Gasteiger charge is -2.62. The lowest BCUT2D eigenvalue weighted by Crippen LogP contribution is -2.61. The second-order valence-electron chi connectivity index (χ2n) is 11.5. The molecule has 3 aliphatic carbocycles. The summed E-state index contributed by atoms with van der Waals surface area (Å²) in [6, 6.07) is 6.23. The van der Waals surface area contributed by atoms with E-state index in [2.05, 4.69) is 40.9 Å². The van der Waals surface area contributed by atoms with Crippen molar-refractivity contribution < 1.29 is 14.6 Å². The van der Waals surface area contributed by atoms with Crippen molar-refractivity contribution in [2.45, 2.75) is 52.7 Å². The number of β-amino-alcohol motifs (C(OH)–C–C–N with tert-alkyl or cyclic N) is 1. The highest BCUT2D eigenvalue weighted by Crippen LogP contribution is 2.61. The van der Waals surface area contributed by atoms with Crippen LogP contribution >= 0.6 is 11.3 Å². The van der Waals surface area contributed by atoms with E-state index in [4.69, 9.17) is 4.74 Å². The fourth-order valence-electron chi connectivity index (χ4n) is 6.58. The lowest BCUT2D eigenvalue weighted by atomic mass is 9.45. The van der Waals surface area contributed by atoms with Gasteiger partial charge in [-0.25, -0.2) is 4.98 Å². The van der Waals surface area contributed by atoms with Crippen LogP contribution in [0.2, 0.25) is 0 Å². The fraction of sp³-hybridized carbons (Fsp3) is 0.704. The van der Waals surface area contributed by atoms with Crippen molar-refractivity contribution in [2.24, 2.45) is 23.2 Å². The molecule has 1 amide bonds. The standard InChI is InChI=1S/C27H40N4O3S/c1-17-22-11-19(27(22,3)4)12-23(17)29-26(33)15-31-9-7-30(8-10-31)14-20(32)16-34-21-5-6-25-24(13-21)28-18(2)35-25/h5-6,13,17,19-20,22-23,32H,7-12,14-16H2,1-4H3,(H,29,33)/t17?,19?,20-,22?,23?/m1/s1. The van der Waals surface area contributed by atoms with Crippen LogP contribution in [0.5, 0.6) is 5.75 Å². The Morgan fingerprint density at radius 3 is 2.71 bits per heavy atom. The van der Waals surface area contributed by atoms with Gasteiger partial charge in [-0.2, -0.15) is 0 Å². The monoisotopic (exact) mass is 500 g/mol. The van der Waals surface area contributed by atoms with Crippen LogP contribution in [0, 0.1) is 30.1 Å². The SMILES string of the molecule is Cc1nc2cc(OC[C@H](O)CN3CCN(CC(=O)NC4CC5CC(C4C)C5(C)C)CC3)ccc2s1. The van der Waals surface area contributed by atoms with Crippen molar-refractivity contribution in [3.63, 3.8) is 0 Å².